The lowest BCUT2D eigenvalue weighted by molar-refractivity contribution is -0.136. The summed E-state index contributed by atoms with van der Waals surface area (Å²) in [6, 6.07) is 5.49. The van der Waals surface area contributed by atoms with Gasteiger partial charge < -0.3 is 10.6 Å². The van der Waals surface area contributed by atoms with E-state index in [0.29, 0.717) is 13.1 Å². The molecule has 0 bridgehead atoms. The molecule has 0 spiro atoms. The highest BCUT2D eigenvalue weighted by atomic mass is 19.4. The van der Waals surface area contributed by atoms with Gasteiger partial charge in [-0.05, 0) is 18.7 Å². The van der Waals surface area contributed by atoms with Crippen molar-refractivity contribution >= 4 is 5.69 Å². The fraction of sp³-hybridized carbons (Fsp3) is 0.455. The number of alkyl halides is 3. The summed E-state index contributed by atoms with van der Waals surface area (Å²) in [5, 5.41) is 5.81. The van der Waals surface area contributed by atoms with E-state index in [-0.39, 0.29) is 5.69 Å². The minimum Gasteiger partial charge on any atom is -0.383 e. The molecular weight excluding hydrogens is 217 g/mol. The Morgan fingerprint density at radius 1 is 1.12 bits per heavy atom. The quantitative estimate of drug-likeness (QED) is 0.763. The van der Waals surface area contributed by atoms with E-state index < -0.39 is 11.7 Å². The van der Waals surface area contributed by atoms with E-state index in [4.69, 9.17) is 0 Å². The van der Waals surface area contributed by atoms with Crippen LogP contribution < -0.4 is 10.6 Å². The van der Waals surface area contributed by atoms with Crippen molar-refractivity contribution < 1.29 is 13.2 Å². The predicted octanol–water partition coefficient (Wildman–Crippen LogP) is 2.73. The van der Waals surface area contributed by atoms with Crippen LogP contribution in [0.2, 0.25) is 0 Å². The standard InChI is InChI=1S/C11H15F3N2/c1-2-15-7-8-16-10-6-4-3-5-9(10)11(12,13)14/h3-6,15-16H,2,7-8H2,1H3. The molecule has 0 radical (unpaired) electrons. The summed E-state index contributed by atoms with van der Waals surface area (Å²) in [4.78, 5) is 0. The summed E-state index contributed by atoms with van der Waals surface area (Å²) in [6.45, 7) is 3.87. The highest BCUT2D eigenvalue weighted by molar-refractivity contribution is 5.52. The Hall–Kier alpha value is -1.23. The van der Waals surface area contributed by atoms with Gasteiger partial charge in [0.1, 0.15) is 0 Å². The van der Waals surface area contributed by atoms with Gasteiger partial charge in [0.15, 0.2) is 0 Å². The van der Waals surface area contributed by atoms with Gasteiger partial charge >= 0.3 is 6.18 Å². The molecule has 0 amide bonds. The van der Waals surface area contributed by atoms with Crippen LogP contribution in [0, 0.1) is 0 Å². The predicted molar refractivity (Wildman–Crippen MR) is 58.5 cm³/mol. The zero-order chi connectivity index (χ0) is 12.0. The van der Waals surface area contributed by atoms with Crippen molar-refractivity contribution in [1.29, 1.82) is 0 Å². The third kappa shape index (κ3) is 3.73. The van der Waals surface area contributed by atoms with Gasteiger partial charge in [-0.1, -0.05) is 19.1 Å². The molecule has 0 aliphatic rings. The average Bonchev–Trinajstić information content (AvgIpc) is 2.24. The second kappa shape index (κ2) is 5.75. The van der Waals surface area contributed by atoms with Crippen LogP contribution in [0.3, 0.4) is 0 Å². The zero-order valence-corrected chi connectivity index (χ0v) is 9.06. The van der Waals surface area contributed by atoms with Gasteiger partial charge in [-0.3, -0.25) is 0 Å². The highest BCUT2D eigenvalue weighted by Crippen LogP contribution is 2.34. The Labute approximate surface area is 92.9 Å². The lowest BCUT2D eigenvalue weighted by Crippen LogP contribution is -2.22. The van der Waals surface area contributed by atoms with Crippen molar-refractivity contribution in [2.45, 2.75) is 13.1 Å². The molecule has 90 valence electrons. The largest absolute Gasteiger partial charge is 0.418 e. The van der Waals surface area contributed by atoms with E-state index in [2.05, 4.69) is 10.6 Å². The molecule has 0 heterocycles. The highest BCUT2D eigenvalue weighted by Gasteiger charge is 2.32. The SMILES string of the molecule is CCNCCNc1ccccc1C(F)(F)F. The molecule has 0 aliphatic heterocycles. The molecule has 0 saturated heterocycles. The molecular formula is C11H15F3N2. The average molecular weight is 232 g/mol. The first-order valence-corrected chi connectivity index (χ1v) is 5.16. The number of hydrogen-bond acceptors (Lipinski definition) is 2. The molecule has 1 aromatic rings. The van der Waals surface area contributed by atoms with Crippen LogP contribution in [0.25, 0.3) is 0 Å². The van der Waals surface area contributed by atoms with E-state index >= 15 is 0 Å². The molecule has 1 aromatic carbocycles. The van der Waals surface area contributed by atoms with Crippen LogP contribution >= 0.6 is 0 Å². The van der Waals surface area contributed by atoms with E-state index in [1.807, 2.05) is 6.92 Å². The van der Waals surface area contributed by atoms with Crippen molar-refractivity contribution in [2.75, 3.05) is 25.0 Å². The number of para-hydroxylation sites is 1. The van der Waals surface area contributed by atoms with Gasteiger partial charge in [-0.2, -0.15) is 13.2 Å². The van der Waals surface area contributed by atoms with Gasteiger partial charge in [0, 0.05) is 18.8 Å². The molecule has 2 N–H and O–H groups in total. The zero-order valence-electron chi connectivity index (χ0n) is 9.06. The van der Waals surface area contributed by atoms with E-state index in [1.54, 1.807) is 6.07 Å². The Morgan fingerprint density at radius 2 is 1.81 bits per heavy atom. The van der Waals surface area contributed by atoms with Crippen LogP contribution in [0.1, 0.15) is 12.5 Å². The smallest absolute Gasteiger partial charge is 0.383 e. The number of halogens is 3. The lowest BCUT2D eigenvalue weighted by Gasteiger charge is -2.14. The van der Waals surface area contributed by atoms with Gasteiger partial charge in [0.25, 0.3) is 0 Å². The molecule has 0 fully saturated rings. The Kier molecular flexibility index (Phi) is 4.61. The fourth-order valence-electron chi connectivity index (χ4n) is 1.35. The third-order valence-corrected chi connectivity index (χ3v) is 2.10. The molecule has 1 rings (SSSR count). The molecule has 16 heavy (non-hydrogen) atoms. The Balaban J connectivity index is 2.65. The van der Waals surface area contributed by atoms with E-state index in [9.17, 15) is 13.2 Å². The summed E-state index contributed by atoms with van der Waals surface area (Å²) >= 11 is 0. The summed E-state index contributed by atoms with van der Waals surface area (Å²) in [5.74, 6) is 0. The van der Waals surface area contributed by atoms with Crippen molar-refractivity contribution in [1.82, 2.24) is 5.32 Å². The molecule has 0 aromatic heterocycles. The first-order chi connectivity index (χ1) is 7.55. The Bertz CT molecular complexity index is 323. The number of anilines is 1. The number of hydrogen-bond donors (Lipinski definition) is 2. The topological polar surface area (TPSA) is 24.1 Å². The molecule has 0 saturated carbocycles. The molecule has 0 unspecified atom stereocenters. The van der Waals surface area contributed by atoms with Gasteiger partial charge in [-0.15, -0.1) is 0 Å². The summed E-state index contributed by atoms with van der Waals surface area (Å²) < 4.78 is 37.7. The van der Waals surface area contributed by atoms with Crippen molar-refractivity contribution in [3.8, 4) is 0 Å². The number of rotatable bonds is 5. The molecule has 2 nitrogen and oxygen atoms in total. The maximum absolute atomic E-state index is 12.6. The summed E-state index contributed by atoms with van der Waals surface area (Å²) in [6.07, 6.45) is -4.30. The van der Waals surface area contributed by atoms with Crippen LogP contribution in [0.4, 0.5) is 18.9 Å². The van der Waals surface area contributed by atoms with Crippen molar-refractivity contribution in [2.24, 2.45) is 0 Å². The number of nitrogens with one attached hydrogen (secondary N) is 2. The van der Waals surface area contributed by atoms with Crippen molar-refractivity contribution in [3.63, 3.8) is 0 Å². The minimum absolute atomic E-state index is 0.132. The normalized spacial score (nSPS) is 11.5. The van der Waals surface area contributed by atoms with Gasteiger partial charge in [-0.25, -0.2) is 0 Å². The van der Waals surface area contributed by atoms with E-state index in [0.717, 1.165) is 12.6 Å². The second-order valence-electron chi connectivity index (χ2n) is 3.32. The van der Waals surface area contributed by atoms with Crippen LogP contribution in [0.5, 0.6) is 0 Å². The first-order valence-electron chi connectivity index (χ1n) is 5.16. The van der Waals surface area contributed by atoms with Crippen LogP contribution in [-0.4, -0.2) is 19.6 Å². The van der Waals surface area contributed by atoms with E-state index in [1.165, 1.54) is 12.1 Å². The molecule has 0 atom stereocenters. The molecule has 5 heteroatoms. The maximum Gasteiger partial charge on any atom is 0.418 e. The monoisotopic (exact) mass is 232 g/mol. The minimum atomic E-state index is -4.30. The van der Waals surface area contributed by atoms with Crippen molar-refractivity contribution in [3.05, 3.63) is 29.8 Å². The summed E-state index contributed by atoms with van der Waals surface area (Å²) in [7, 11) is 0. The maximum atomic E-state index is 12.6. The molecule has 0 aliphatic carbocycles. The van der Waals surface area contributed by atoms with Gasteiger partial charge in [0.2, 0.25) is 0 Å². The van der Waals surface area contributed by atoms with Crippen LogP contribution in [0.15, 0.2) is 24.3 Å². The Morgan fingerprint density at radius 3 is 2.44 bits per heavy atom. The number of benzene rings is 1. The summed E-state index contributed by atoms with van der Waals surface area (Å²) in [5.41, 5.74) is -0.487. The first kappa shape index (κ1) is 12.8. The third-order valence-electron chi connectivity index (χ3n) is 2.10. The number of likely N-dealkylation sites (N-methyl/N-ethyl adjacent to an activating group) is 1. The fourth-order valence-corrected chi connectivity index (χ4v) is 1.35. The lowest BCUT2D eigenvalue weighted by atomic mass is 10.1. The second-order valence-corrected chi connectivity index (χ2v) is 3.32. The van der Waals surface area contributed by atoms with Gasteiger partial charge in [0.05, 0.1) is 5.56 Å². The van der Waals surface area contributed by atoms with Crippen LogP contribution in [-0.2, 0) is 6.18 Å².